The van der Waals surface area contributed by atoms with Gasteiger partial charge < -0.3 is 15.5 Å². The third-order valence-electron chi connectivity index (χ3n) is 2.73. The largest absolute Gasteiger partial charge is 0.368 e. The van der Waals surface area contributed by atoms with E-state index in [9.17, 15) is 9.59 Å². The maximum absolute atomic E-state index is 11.9. The molecule has 0 fully saturated rings. The van der Waals surface area contributed by atoms with Gasteiger partial charge in [-0.3, -0.25) is 9.59 Å². The molecule has 2 aromatic rings. The molecule has 0 radical (unpaired) electrons. The van der Waals surface area contributed by atoms with Crippen LogP contribution >= 0.6 is 0 Å². The Balaban J connectivity index is 2.25. The molecule has 18 heavy (non-hydrogen) atoms. The number of pyridine rings is 1. The number of aryl methyl sites for hydroxylation is 1. The van der Waals surface area contributed by atoms with Crippen LogP contribution in [-0.2, 0) is 4.79 Å². The van der Waals surface area contributed by atoms with Gasteiger partial charge in [0.2, 0.25) is 5.91 Å². The number of aromatic nitrogens is 2. The second-order valence-electron chi connectivity index (χ2n) is 4.14. The number of nitrogens with one attached hydrogen (secondary N) is 1. The normalized spacial score (nSPS) is 12.3. The highest BCUT2D eigenvalue weighted by Crippen LogP contribution is 2.08. The van der Waals surface area contributed by atoms with E-state index >= 15 is 0 Å². The van der Waals surface area contributed by atoms with Crippen LogP contribution in [-0.4, -0.2) is 27.2 Å². The van der Waals surface area contributed by atoms with Crippen LogP contribution < -0.4 is 11.1 Å². The highest BCUT2D eigenvalue weighted by atomic mass is 16.2. The molecule has 0 aliphatic heterocycles. The minimum absolute atomic E-state index is 0.343. The van der Waals surface area contributed by atoms with Gasteiger partial charge in [-0.2, -0.15) is 0 Å². The summed E-state index contributed by atoms with van der Waals surface area (Å²) in [7, 11) is 0. The van der Waals surface area contributed by atoms with Crippen molar-refractivity contribution in [1.29, 1.82) is 0 Å². The maximum atomic E-state index is 11.9. The molecule has 0 spiro atoms. The maximum Gasteiger partial charge on any atom is 0.252 e. The van der Waals surface area contributed by atoms with Crippen LogP contribution in [0.4, 0.5) is 0 Å². The van der Waals surface area contributed by atoms with Crippen molar-refractivity contribution in [2.45, 2.75) is 19.9 Å². The summed E-state index contributed by atoms with van der Waals surface area (Å²) in [6, 6.07) is 2.64. The van der Waals surface area contributed by atoms with Crippen molar-refractivity contribution in [2.24, 2.45) is 5.73 Å². The third kappa shape index (κ3) is 2.17. The van der Waals surface area contributed by atoms with E-state index in [1.807, 2.05) is 11.3 Å². The molecule has 6 nitrogen and oxygen atoms in total. The summed E-state index contributed by atoms with van der Waals surface area (Å²) in [6.45, 7) is 3.47. The lowest BCUT2D eigenvalue weighted by Crippen LogP contribution is -2.42. The molecule has 0 aliphatic rings. The molecule has 0 aliphatic carbocycles. The summed E-state index contributed by atoms with van der Waals surface area (Å²) in [5.74, 6) is -0.912. The number of nitrogens with two attached hydrogens (primary N) is 1. The third-order valence-corrected chi connectivity index (χ3v) is 2.73. The first kappa shape index (κ1) is 12.1. The van der Waals surface area contributed by atoms with E-state index in [2.05, 4.69) is 10.3 Å². The van der Waals surface area contributed by atoms with Crippen LogP contribution in [0.15, 0.2) is 24.5 Å². The standard InChI is InChI=1S/C12H14N4O2/c1-7-6-14-10-5-9(3-4-16(7)10)12(18)15-8(2)11(13)17/h3-6,8H,1-2H3,(H2,13,17)(H,15,18)/t8-/m0/s1. The van der Waals surface area contributed by atoms with Crippen molar-refractivity contribution in [1.82, 2.24) is 14.7 Å². The molecule has 2 amide bonds. The number of primary amides is 1. The van der Waals surface area contributed by atoms with Gasteiger partial charge in [-0.1, -0.05) is 0 Å². The molecule has 0 unspecified atom stereocenters. The molecule has 2 aromatic heterocycles. The van der Waals surface area contributed by atoms with Crippen molar-refractivity contribution in [3.8, 4) is 0 Å². The molecule has 2 rings (SSSR count). The zero-order valence-electron chi connectivity index (χ0n) is 10.2. The van der Waals surface area contributed by atoms with E-state index in [4.69, 9.17) is 5.73 Å². The monoisotopic (exact) mass is 246 g/mol. The minimum Gasteiger partial charge on any atom is -0.368 e. The van der Waals surface area contributed by atoms with Crippen molar-refractivity contribution in [3.63, 3.8) is 0 Å². The highest BCUT2D eigenvalue weighted by Gasteiger charge is 2.14. The Morgan fingerprint density at radius 3 is 2.89 bits per heavy atom. The fraction of sp³-hybridized carbons (Fsp3) is 0.250. The second-order valence-corrected chi connectivity index (χ2v) is 4.14. The first-order valence-electron chi connectivity index (χ1n) is 5.53. The van der Waals surface area contributed by atoms with Crippen LogP contribution in [0.3, 0.4) is 0 Å². The molecule has 2 heterocycles. The van der Waals surface area contributed by atoms with E-state index in [1.54, 1.807) is 31.5 Å². The summed E-state index contributed by atoms with van der Waals surface area (Å²) >= 11 is 0. The summed E-state index contributed by atoms with van der Waals surface area (Å²) in [4.78, 5) is 26.9. The van der Waals surface area contributed by atoms with Gasteiger partial charge in [-0.05, 0) is 26.0 Å². The fourth-order valence-electron chi connectivity index (χ4n) is 1.60. The molecule has 0 saturated heterocycles. The summed E-state index contributed by atoms with van der Waals surface area (Å²) < 4.78 is 1.87. The molecular formula is C12H14N4O2. The summed E-state index contributed by atoms with van der Waals surface area (Å²) in [5, 5.41) is 2.52. The Bertz CT molecular complexity index is 618. The lowest BCUT2D eigenvalue weighted by Gasteiger charge is -2.10. The van der Waals surface area contributed by atoms with Gasteiger partial charge in [0.15, 0.2) is 0 Å². The van der Waals surface area contributed by atoms with Crippen LogP contribution in [0.5, 0.6) is 0 Å². The van der Waals surface area contributed by atoms with Gasteiger partial charge in [0.05, 0.1) is 0 Å². The zero-order valence-corrected chi connectivity index (χ0v) is 10.2. The average Bonchev–Trinajstić information content (AvgIpc) is 2.70. The number of imidazole rings is 1. The number of nitrogens with zero attached hydrogens (tertiary/aromatic N) is 2. The topological polar surface area (TPSA) is 89.5 Å². The number of amides is 2. The average molecular weight is 246 g/mol. The first-order chi connectivity index (χ1) is 8.49. The SMILES string of the molecule is Cc1cnc2cc(C(=O)N[C@@H](C)C(N)=O)ccn12. The Labute approximate surface area is 104 Å². The van der Waals surface area contributed by atoms with Gasteiger partial charge in [-0.25, -0.2) is 4.98 Å². The van der Waals surface area contributed by atoms with Crippen molar-refractivity contribution >= 4 is 17.5 Å². The number of fused-ring (bicyclic) bond motifs is 1. The van der Waals surface area contributed by atoms with Crippen LogP contribution in [0.25, 0.3) is 5.65 Å². The number of carbonyl (C=O) groups is 2. The van der Waals surface area contributed by atoms with E-state index in [-0.39, 0.29) is 5.91 Å². The summed E-state index contributed by atoms with van der Waals surface area (Å²) in [6.07, 6.45) is 3.49. The number of rotatable bonds is 3. The summed E-state index contributed by atoms with van der Waals surface area (Å²) in [5.41, 5.74) is 7.21. The molecule has 0 bridgehead atoms. The van der Waals surface area contributed by atoms with Gasteiger partial charge in [0, 0.05) is 23.7 Å². The number of hydrogen-bond donors (Lipinski definition) is 2. The smallest absolute Gasteiger partial charge is 0.252 e. The number of hydrogen-bond acceptors (Lipinski definition) is 3. The Hall–Kier alpha value is -2.37. The van der Waals surface area contributed by atoms with E-state index in [0.29, 0.717) is 11.2 Å². The van der Waals surface area contributed by atoms with Gasteiger partial charge in [0.1, 0.15) is 11.7 Å². The number of carbonyl (C=O) groups excluding carboxylic acids is 2. The molecule has 1 atom stereocenters. The predicted octanol–water partition coefficient (Wildman–Crippen LogP) is 0.246. The Kier molecular flexibility index (Phi) is 3.01. The second kappa shape index (κ2) is 4.48. The van der Waals surface area contributed by atoms with Crippen LogP contribution in [0.2, 0.25) is 0 Å². The van der Waals surface area contributed by atoms with Crippen LogP contribution in [0, 0.1) is 6.92 Å². The molecular weight excluding hydrogens is 232 g/mol. The fourth-order valence-corrected chi connectivity index (χ4v) is 1.60. The van der Waals surface area contributed by atoms with Gasteiger partial charge in [-0.15, -0.1) is 0 Å². The van der Waals surface area contributed by atoms with Crippen molar-refractivity contribution in [3.05, 3.63) is 35.8 Å². The molecule has 0 aromatic carbocycles. The van der Waals surface area contributed by atoms with Crippen molar-refractivity contribution < 1.29 is 9.59 Å². The predicted molar refractivity (Wildman–Crippen MR) is 66.1 cm³/mol. The first-order valence-corrected chi connectivity index (χ1v) is 5.53. The van der Waals surface area contributed by atoms with E-state index in [0.717, 1.165) is 5.69 Å². The zero-order chi connectivity index (χ0) is 13.3. The lowest BCUT2D eigenvalue weighted by atomic mass is 10.2. The molecule has 0 saturated carbocycles. The van der Waals surface area contributed by atoms with Gasteiger partial charge >= 0.3 is 0 Å². The quantitative estimate of drug-likeness (QED) is 0.813. The molecule has 3 N–H and O–H groups in total. The highest BCUT2D eigenvalue weighted by molar-refractivity contribution is 5.97. The minimum atomic E-state index is -0.699. The van der Waals surface area contributed by atoms with E-state index in [1.165, 1.54) is 0 Å². The lowest BCUT2D eigenvalue weighted by molar-refractivity contribution is -0.119. The Morgan fingerprint density at radius 2 is 2.22 bits per heavy atom. The van der Waals surface area contributed by atoms with Crippen molar-refractivity contribution in [2.75, 3.05) is 0 Å². The van der Waals surface area contributed by atoms with Gasteiger partial charge in [0.25, 0.3) is 5.91 Å². The Morgan fingerprint density at radius 1 is 1.50 bits per heavy atom. The molecule has 6 heteroatoms. The molecule has 94 valence electrons. The van der Waals surface area contributed by atoms with Crippen LogP contribution in [0.1, 0.15) is 23.0 Å². The van der Waals surface area contributed by atoms with E-state index < -0.39 is 11.9 Å².